The summed E-state index contributed by atoms with van der Waals surface area (Å²) in [5.41, 5.74) is 7.38. The molecule has 4 heteroatoms. The SMILES string of the molecule is Cc1cc(CCCCN)c2cc(F)cc(F)c2n1. The van der Waals surface area contributed by atoms with Crippen LogP contribution in [-0.2, 0) is 6.42 Å². The van der Waals surface area contributed by atoms with Crippen molar-refractivity contribution in [2.24, 2.45) is 5.73 Å². The molecule has 0 aliphatic carbocycles. The third-order valence-corrected chi connectivity index (χ3v) is 2.95. The average molecular weight is 250 g/mol. The molecule has 0 atom stereocenters. The van der Waals surface area contributed by atoms with Gasteiger partial charge in [-0.25, -0.2) is 8.78 Å². The molecule has 0 radical (unpaired) electrons. The summed E-state index contributed by atoms with van der Waals surface area (Å²) in [4.78, 5) is 4.14. The van der Waals surface area contributed by atoms with E-state index in [9.17, 15) is 8.78 Å². The van der Waals surface area contributed by atoms with Crippen molar-refractivity contribution in [3.05, 3.63) is 41.1 Å². The number of pyridine rings is 1. The van der Waals surface area contributed by atoms with Crippen LogP contribution in [-0.4, -0.2) is 11.5 Å². The molecule has 0 bridgehead atoms. The lowest BCUT2D eigenvalue weighted by molar-refractivity contribution is 0.590. The van der Waals surface area contributed by atoms with Crippen LogP contribution in [0.3, 0.4) is 0 Å². The van der Waals surface area contributed by atoms with E-state index < -0.39 is 11.6 Å². The van der Waals surface area contributed by atoms with Crippen LogP contribution in [0.1, 0.15) is 24.1 Å². The maximum atomic E-state index is 13.7. The number of hydrogen-bond donors (Lipinski definition) is 1. The molecule has 2 N–H and O–H groups in total. The van der Waals surface area contributed by atoms with Crippen molar-refractivity contribution in [3.8, 4) is 0 Å². The first kappa shape index (κ1) is 12.9. The smallest absolute Gasteiger partial charge is 0.152 e. The Balaban J connectivity index is 2.50. The molecule has 18 heavy (non-hydrogen) atoms. The highest BCUT2D eigenvalue weighted by molar-refractivity contribution is 5.83. The van der Waals surface area contributed by atoms with E-state index in [1.54, 1.807) is 0 Å². The van der Waals surface area contributed by atoms with Crippen molar-refractivity contribution in [1.82, 2.24) is 4.98 Å². The molecule has 1 heterocycles. The molecule has 2 nitrogen and oxygen atoms in total. The Kier molecular flexibility index (Phi) is 3.87. The van der Waals surface area contributed by atoms with Gasteiger partial charge in [0.1, 0.15) is 11.3 Å². The first-order valence-electron chi connectivity index (χ1n) is 6.07. The molecule has 1 aromatic heterocycles. The molecular formula is C14H16F2N2. The van der Waals surface area contributed by atoms with Gasteiger partial charge in [0.15, 0.2) is 5.82 Å². The topological polar surface area (TPSA) is 38.9 Å². The van der Waals surface area contributed by atoms with Crippen LogP contribution in [0.2, 0.25) is 0 Å². The molecule has 1 aromatic carbocycles. The third kappa shape index (κ3) is 2.64. The highest BCUT2D eigenvalue weighted by Gasteiger charge is 2.10. The second kappa shape index (κ2) is 5.40. The Morgan fingerprint density at radius 1 is 1.17 bits per heavy atom. The molecular weight excluding hydrogens is 234 g/mol. The minimum Gasteiger partial charge on any atom is -0.330 e. The number of rotatable bonds is 4. The molecule has 0 fully saturated rings. The molecule has 0 saturated heterocycles. The number of fused-ring (bicyclic) bond motifs is 1. The molecule has 2 aromatic rings. The van der Waals surface area contributed by atoms with Crippen LogP contribution in [0.15, 0.2) is 18.2 Å². The van der Waals surface area contributed by atoms with Crippen LogP contribution in [0.4, 0.5) is 8.78 Å². The van der Waals surface area contributed by atoms with E-state index in [0.29, 0.717) is 11.9 Å². The van der Waals surface area contributed by atoms with E-state index in [1.807, 2.05) is 13.0 Å². The molecule has 0 amide bonds. The van der Waals surface area contributed by atoms with Gasteiger partial charge in [0.25, 0.3) is 0 Å². The Morgan fingerprint density at radius 3 is 2.67 bits per heavy atom. The Labute approximate surface area is 105 Å². The summed E-state index contributed by atoms with van der Waals surface area (Å²) in [6, 6.07) is 4.11. The fourth-order valence-corrected chi connectivity index (χ4v) is 2.13. The maximum absolute atomic E-state index is 13.7. The van der Waals surface area contributed by atoms with Gasteiger partial charge in [-0.1, -0.05) is 0 Å². The van der Waals surface area contributed by atoms with Crippen molar-refractivity contribution < 1.29 is 8.78 Å². The van der Waals surface area contributed by atoms with E-state index >= 15 is 0 Å². The van der Waals surface area contributed by atoms with Gasteiger partial charge in [-0.2, -0.15) is 0 Å². The number of hydrogen-bond acceptors (Lipinski definition) is 2. The zero-order valence-corrected chi connectivity index (χ0v) is 10.3. The predicted octanol–water partition coefficient (Wildman–Crippen LogP) is 3.10. The van der Waals surface area contributed by atoms with Crippen LogP contribution < -0.4 is 5.73 Å². The van der Waals surface area contributed by atoms with E-state index in [4.69, 9.17) is 5.73 Å². The summed E-state index contributed by atoms with van der Waals surface area (Å²) in [6.45, 7) is 2.44. The van der Waals surface area contributed by atoms with Crippen molar-refractivity contribution in [1.29, 1.82) is 0 Å². The van der Waals surface area contributed by atoms with Crippen molar-refractivity contribution in [3.63, 3.8) is 0 Å². The molecule has 0 aliphatic rings. The van der Waals surface area contributed by atoms with Gasteiger partial charge in [0, 0.05) is 17.1 Å². The molecule has 0 saturated carbocycles. The normalized spacial score (nSPS) is 11.1. The third-order valence-electron chi connectivity index (χ3n) is 2.95. The number of unbranched alkanes of at least 4 members (excludes halogenated alkanes) is 1. The lowest BCUT2D eigenvalue weighted by atomic mass is 10.0. The lowest BCUT2D eigenvalue weighted by Gasteiger charge is -2.08. The molecule has 96 valence electrons. The quantitative estimate of drug-likeness (QED) is 0.847. The first-order chi connectivity index (χ1) is 8.61. The number of nitrogens with zero attached hydrogens (tertiary/aromatic N) is 1. The summed E-state index contributed by atoms with van der Waals surface area (Å²) in [5, 5.41) is 0.565. The summed E-state index contributed by atoms with van der Waals surface area (Å²) in [6.07, 6.45) is 2.58. The van der Waals surface area contributed by atoms with Crippen molar-refractivity contribution >= 4 is 10.9 Å². The monoisotopic (exact) mass is 250 g/mol. The average Bonchev–Trinajstić information content (AvgIpc) is 2.31. The highest BCUT2D eigenvalue weighted by atomic mass is 19.1. The predicted molar refractivity (Wildman–Crippen MR) is 68.4 cm³/mol. The van der Waals surface area contributed by atoms with Crippen LogP contribution in [0.25, 0.3) is 10.9 Å². The summed E-state index contributed by atoms with van der Waals surface area (Å²) in [7, 11) is 0. The molecule has 0 spiro atoms. The van der Waals surface area contributed by atoms with Gasteiger partial charge in [-0.3, -0.25) is 4.98 Å². The van der Waals surface area contributed by atoms with Crippen molar-refractivity contribution in [2.45, 2.75) is 26.2 Å². The fraction of sp³-hybridized carbons (Fsp3) is 0.357. The largest absolute Gasteiger partial charge is 0.330 e. The van der Waals surface area contributed by atoms with E-state index in [2.05, 4.69) is 4.98 Å². The number of benzene rings is 1. The summed E-state index contributed by atoms with van der Waals surface area (Å²) < 4.78 is 27.0. The standard InChI is InChI=1S/C14H16F2N2/c1-9-6-10(4-2-3-5-17)12-7-11(15)8-13(16)14(12)18-9/h6-8H,2-5,17H2,1H3. The van der Waals surface area contributed by atoms with Crippen LogP contribution in [0.5, 0.6) is 0 Å². The van der Waals surface area contributed by atoms with E-state index in [0.717, 1.165) is 36.6 Å². The van der Waals surface area contributed by atoms with Crippen molar-refractivity contribution in [2.75, 3.05) is 6.54 Å². The summed E-state index contributed by atoms with van der Waals surface area (Å²) in [5.74, 6) is -1.17. The second-order valence-corrected chi connectivity index (χ2v) is 4.45. The first-order valence-corrected chi connectivity index (χ1v) is 6.07. The summed E-state index contributed by atoms with van der Waals surface area (Å²) >= 11 is 0. The Bertz CT molecular complexity index is 567. The van der Waals surface area contributed by atoms with E-state index in [1.165, 1.54) is 6.07 Å². The maximum Gasteiger partial charge on any atom is 0.152 e. The van der Waals surface area contributed by atoms with Crippen LogP contribution in [0, 0.1) is 18.6 Å². The zero-order chi connectivity index (χ0) is 13.1. The number of aryl methyl sites for hydroxylation is 2. The van der Waals surface area contributed by atoms with Gasteiger partial charge in [-0.15, -0.1) is 0 Å². The number of aromatic nitrogens is 1. The van der Waals surface area contributed by atoms with Gasteiger partial charge in [-0.05, 0) is 50.4 Å². The van der Waals surface area contributed by atoms with E-state index in [-0.39, 0.29) is 5.52 Å². The van der Waals surface area contributed by atoms with Gasteiger partial charge in [0.2, 0.25) is 0 Å². The number of halogens is 2. The Hall–Kier alpha value is -1.55. The second-order valence-electron chi connectivity index (χ2n) is 4.45. The van der Waals surface area contributed by atoms with Gasteiger partial charge in [0.05, 0.1) is 0 Å². The van der Waals surface area contributed by atoms with Gasteiger partial charge >= 0.3 is 0 Å². The minimum atomic E-state index is -0.603. The van der Waals surface area contributed by atoms with Crippen LogP contribution >= 0.6 is 0 Å². The highest BCUT2D eigenvalue weighted by Crippen LogP contribution is 2.23. The van der Waals surface area contributed by atoms with Gasteiger partial charge < -0.3 is 5.73 Å². The minimum absolute atomic E-state index is 0.249. The molecule has 0 unspecified atom stereocenters. The molecule has 2 rings (SSSR count). The zero-order valence-electron chi connectivity index (χ0n) is 10.3. The molecule has 0 aliphatic heterocycles. The Morgan fingerprint density at radius 2 is 1.94 bits per heavy atom. The lowest BCUT2D eigenvalue weighted by Crippen LogP contribution is -2.00. The number of nitrogens with two attached hydrogens (primary N) is 1. The fourth-order valence-electron chi connectivity index (χ4n) is 2.13.